The highest BCUT2D eigenvalue weighted by molar-refractivity contribution is 7.91. The van der Waals surface area contributed by atoms with Gasteiger partial charge in [-0.3, -0.25) is 4.68 Å². The fourth-order valence-corrected chi connectivity index (χ4v) is 2.57. The topological polar surface area (TPSA) is 90.9 Å². The van der Waals surface area contributed by atoms with E-state index in [1.807, 2.05) is 13.8 Å². The molecule has 0 fully saturated rings. The largest absolute Gasteiger partial charge is 0.323 e. The van der Waals surface area contributed by atoms with Crippen LogP contribution in [0.25, 0.3) is 0 Å². The molecule has 2 N–H and O–H groups in total. The van der Waals surface area contributed by atoms with Gasteiger partial charge in [0.15, 0.2) is 9.84 Å². The summed E-state index contributed by atoms with van der Waals surface area (Å²) in [4.78, 5) is 0. The average Bonchev–Trinajstić information content (AvgIpc) is 2.63. The van der Waals surface area contributed by atoms with Crippen molar-refractivity contribution in [2.45, 2.75) is 32.9 Å². The molecule has 0 amide bonds. The van der Waals surface area contributed by atoms with E-state index in [1.165, 1.54) is 4.68 Å². The maximum Gasteiger partial charge on any atom is 0.152 e. The van der Waals surface area contributed by atoms with Crippen LogP contribution >= 0.6 is 0 Å². The van der Waals surface area contributed by atoms with Crippen molar-refractivity contribution in [1.29, 1.82) is 0 Å². The van der Waals surface area contributed by atoms with Crippen LogP contribution in [0.3, 0.4) is 0 Å². The minimum atomic E-state index is -2.96. The molecule has 1 heterocycles. The van der Waals surface area contributed by atoms with Gasteiger partial charge in [-0.1, -0.05) is 12.1 Å². The first-order chi connectivity index (χ1) is 7.44. The van der Waals surface area contributed by atoms with Gasteiger partial charge in [-0.05, 0) is 13.3 Å². The molecule has 1 rings (SSSR count). The van der Waals surface area contributed by atoms with Crippen molar-refractivity contribution in [2.75, 3.05) is 11.5 Å². The van der Waals surface area contributed by atoms with Crippen LogP contribution < -0.4 is 5.73 Å². The quantitative estimate of drug-likeness (QED) is 0.770. The van der Waals surface area contributed by atoms with Crippen LogP contribution in [0.15, 0.2) is 6.20 Å². The van der Waals surface area contributed by atoms with E-state index in [-0.39, 0.29) is 17.5 Å². The molecule has 0 saturated carbocycles. The van der Waals surface area contributed by atoms with Gasteiger partial charge in [0.25, 0.3) is 0 Å². The van der Waals surface area contributed by atoms with Crippen molar-refractivity contribution in [1.82, 2.24) is 15.0 Å². The minimum absolute atomic E-state index is 0.0998. The van der Waals surface area contributed by atoms with E-state index in [0.717, 1.165) is 0 Å². The lowest BCUT2D eigenvalue weighted by atomic mass is 10.3. The number of rotatable bonds is 6. The van der Waals surface area contributed by atoms with E-state index in [2.05, 4.69) is 10.3 Å². The molecule has 0 saturated heterocycles. The number of aryl methyl sites for hydroxylation is 1. The van der Waals surface area contributed by atoms with Crippen LogP contribution in [0, 0.1) is 0 Å². The van der Waals surface area contributed by atoms with Gasteiger partial charge in [0.05, 0.1) is 24.2 Å². The van der Waals surface area contributed by atoms with Gasteiger partial charge >= 0.3 is 0 Å². The summed E-state index contributed by atoms with van der Waals surface area (Å²) in [7, 11) is -2.96. The zero-order valence-electron chi connectivity index (χ0n) is 9.63. The molecule has 0 aliphatic carbocycles. The highest BCUT2D eigenvalue weighted by atomic mass is 32.2. The Kier molecular flexibility index (Phi) is 4.43. The number of hydrogen-bond donors (Lipinski definition) is 1. The Hall–Kier alpha value is -0.950. The Morgan fingerprint density at radius 1 is 1.50 bits per heavy atom. The molecular weight excluding hydrogens is 228 g/mol. The van der Waals surface area contributed by atoms with Crippen LogP contribution in [-0.2, 0) is 16.4 Å². The number of aromatic nitrogens is 3. The van der Waals surface area contributed by atoms with E-state index in [9.17, 15) is 8.42 Å². The zero-order valence-corrected chi connectivity index (χ0v) is 10.4. The smallest absolute Gasteiger partial charge is 0.152 e. The standard InChI is InChI=1S/C9H18N4O2S/c1-3-5-16(14,15)6-4-13-7-9(8(2)10)11-12-13/h7-8H,3-6,10H2,1-2H3. The summed E-state index contributed by atoms with van der Waals surface area (Å²) in [6, 6.07) is -0.180. The second kappa shape index (κ2) is 5.40. The van der Waals surface area contributed by atoms with Crippen LogP contribution in [0.5, 0.6) is 0 Å². The van der Waals surface area contributed by atoms with Gasteiger partial charge in [0.1, 0.15) is 0 Å². The second-order valence-corrected chi connectivity index (χ2v) is 6.15. The van der Waals surface area contributed by atoms with E-state index in [0.29, 0.717) is 18.7 Å². The highest BCUT2D eigenvalue weighted by Crippen LogP contribution is 2.04. The summed E-state index contributed by atoms with van der Waals surface area (Å²) in [6.07, 6.45) is 2.33. The Morgan fingerprint density at radius 3 is 2.69 bits per heavy atom. The Labute approximate surface area is 95.7 Å². The maximum absolute atomic E-state index is 11.5. The SMILES string of the molecule is CCCS(=O)(=O)CCn1cc(C(C)N)nn1. The molecule has 0 aliphatic rings. The first-order valence-electron chi connectivity index (χ1n) is 5.30. The van der Waals surface area contributed by atoms with Crippen molar-refractivity contribution < 1.29 is 8.42 Å². The molecule has 0 spiro atoms. The molecular formula is C9H18N4O2S. The van der Waals surface area contributed by atoms with E-state index >= 15 is 0 Å². The third-order valence-electron chi connectivity index (χ3n) is 2.17. The molecule has 1 aromatic heterocycles. The summed E-state index contributed by atoms with van der Waals surface area (Å²) < 4.78 is 24.4. The predicted octanol–water partition coefficient (Wildman–Crippen LogP) is 0.123. The molecule has 1 unspecified atom stereocenters. The van der Waals surface area contributed by atoms with Crippen molar-refractivity contribution in [3.8, 4) is 0 Å². The van der Waals surface area contributed by atoms with Crippen molar-refractivity contribution in [3.63, 3.8) is 0 Å². The lowest BCUT2D eigenvalue weighted by molar-refractivity contribution is 0.574. The summed E-state index contributed by atoms with van der Waals surface area (Å²) in [5, 5.41) is 7.68. The molecule has 0 aromatic carbocycles. The van der Waals surface area contributed by atoms with Gasteiger partial charge in [-0.15, -0.1) is 5.10 Å². The monoisotopic (exact) mass is 246 g/mol. The predicted molar refractivity (Wildman–Crippen MR) is 61.6 cm³/mol. The van der Waals surface area contributed by atoms with Crippen molar-refractivity contribution in [2.24, 2.45) is 5.73 Å². The number of nitrogens with two attached hydrogens (primary N) is 1. The lowest BCUT2D eigenvalue weighted by Crippen LogP contribution is -2.16. The average molecular weight is 246 g/mol. The van der Waals surface area contributed by atoms with Gasteiger partial charge in [0, 0.05) is 11.8 Å². The lowest BCUT2D eigenvalue weighted by Gasteiger charge is -2.02. The van der Waals surface area contributed by atoms with Gasteiger partial charge in [-0.25, -0.2) is 8.42 Å². The van der Waals surface area contributed by atoms with Crippen LogP contribution in [0.4, 0.5) is 0 Å². The van der Waals surface area contributed by atoms with E-state index in [1.54, 1.807) is 6.20 Å². The van der Waals surface area contributed by atoms with Crippen LogP contribution in [-0.4, -0.2) is 34.9 Å². The number of sulfone groups is 1. The van der Waals surface area contributed by atoms with Crippen LogP contribution in [0.2, 0.25) is 0 Å². The molecule has 1 atom stereocenters. The second-order valence-electron chi connectivity index (χ2n) is 3.85. The molecule has 0 aliphatic heterocycles. The number of nitrogens with zero attached hydrogens (tertiary/aromatic N) is 3. The first-order valence-corrected chi connectivity index (χ1v) is 7.13. The van der Waals surface area contributed by atoms with Crippen LogP contribution in [0.1, 0.15) is 32.0 Å². The van der Waals surface area contributed by atoms with E-state index in [4.69, 9.17) is 5.73 Å². The molecule has 1 aromatic rings. The number of hydrogen-bond acceptors (Lipinski definition) is 5. The first kappa shape index (κ1) is 13.1. The van der Waals surface area contributed by atoms with Gasteiger partial charge < -0.3 is 5.73 Å². The van der Waals surface area contributed by atoms with Crippen molar-refractivity contribution >= 4 is 9.84 Å². The maximum atomic E-state index is 11.5. The Morgan fingerprint density at radius 2 is 2.19 bits per heavy atom. The molecule has 7 heteroatoms. The molecule has 92 valence electrons. The summed E-state index contributed by atoms with van der Waals surface area (Å²) in [5.41, 5.74) is 6.30. The third kappa shape index (κ3) is 3.90. The highest BCUT2D eigenvalue weighted by Gasteiger charge is 2.11. The molecule has 6 nitrogen and oxygen atoms in total. The minimum Gasteiger partial charge on any atom is -0.323 e. The molecule has 0 bridgehead atoms. The summed E-state index contributed by atoms with van der Waals surface area (Å²) in [5.74, 6) is 0.324. The summed E-state index contributed by atoms with van der Waals surface area (Å²) in [6.45, 7) is 3.99. The normalized spacial score (nSPS) is 13.9. The summed E-state index contributed by atoms with van der Waals surface area (Å²) >= 11 is 0. The van der Waals surface area contributed by atoms with E-state index < -0.39 is 9.84 Å². The Balaban J connectivity index is 2.55. The van der Waals surface area contributed by atoms with Gasteiger partial charge in [-0.2, -0.15) is 0 Å². The van der Waals surface area contributed by atoms with Gasteiger partial charge in [0.2, 0.25) is 0 Å². The molecule has 16 heavy (non-hydrogen) atoms. The zero-order chi connectivity index (χ0) is 12.2. The fourth-order valence-electron chi connectivity index (χ4n) is 1.28. The van der Waals surface area contributed by atoms with Crippen molar-refractivity contribution in [3.05, 3.63) is 11.9 Å². The Bertz CT molecular complexity index is 424. The third-order valence-corrected chi connectivity index (χ3v) is 4.00. The fraction of sp³-hybridized carbons (Fsp3) is 0.778. The molecule has 0 radical (unpaired) electrons.